The van der Waals surface area contributed by atoms with E-state index in [4.69, 9.17) is 0 Å². The van der Waals surface area contributed by atoms with Gasteiger partial charge in [-0.2, -0.15) is 8.78 Å². The molecule has 0 aliphatic carbocycles. The van der Waals surface area contributed by atoms with Crippen molar-refractivity contribution in [1.29, 1.82) is 0 Å². The third kappa shape index (κ3) is 4.14. The summed E-state index contributed by atoms with van der Waals surface area (Å²) in [4.78, 5) is 16.3. The highest BCUT2D eigenvalue weighted by atomic mass is 32.1. The molecule has 0 fully saturated rings. The Bertz CT molecular complexity index is 585. The minimum atomic E-state index is -4.26. The molecule has 0 atom stereocenters. The zero-order valence-electron chi connectivity index (χ0n) is 10.6. The lowest BCUT2D eigenvalue weighted by molar-refractivity contribution is -0.168. The predicted octanol–water partition coefficient (Wildman–Crippen LogP) is 1.93. The summed E-state index contributed by atoms with van der Waals surface area (Å²) in [6, 6.07) is 0. The molecule has 0 unspecified atom stereocenters. The Kier molecular flexibility index (Phi) is 4.78. The van der Waals surface area contributed by atoms with E-state index < -0.39 is 31.5 Å². The van der Waals surface area contributed by atoms with Gasteiger partial charge >= 0.3 is 12.3 Å². The molecule has 21 heavy (non-hydrogen) atoms. The minimum absolute atomic E-state index is 0.0990. The van der Waals surface area contributed by atoms with E-state index in [0.717, 1.165) is 4.96 Å². The maximum atomic E-state index is 12.5. The van der Waals surface area contributed by atoms with Crippen LogP contribution in [-0.2, 0) is 16.1 Å². The second kappa shape index (κ2) is 6.39. The van der Waals surface area contributed by atoms with Crippen LogP contribution in [0.5, 0.6) is 0 Å². The van der Waals surface area contributed by atoms with Gasteiger partial charge in [0.25, 0.3) is 0 Å². The molecule has 1 amide bonds. The molecule has 10 heteroatoms. The molecule has 2 aromatic heterocycles. The lowest BCUT2D eigenvalue weighted by Crippen LogP contribution is -2.35. The van der Waals surface area contributed by atoms with Crippen molar-refractivity contribution in [2.45, 2.75) is 18.9 Å². The van der Waals surface area contributed by atoms with Gasteiger partial charge in [0.05, 0.1) is 12.2 Å². The number of fused-ring (bicyclic) bond motifs is 1. The van der Waals surface area contributed by atoms with Crippen LogP contribution in [0.4, 0.5) is 17.6 Å². The highest BCUT2D eigenvalue weighted by Crippen LogP contribution is 2.22. The maximum Gasteiger partial charge on any atom is 0.330 e. The Morgan fingerprint density at radius 2 is 2.29 bits per heavy atom. The Labute approximate surface area is 120 Å². The van der Waals surface area contributed by atoms with Gasteiger partial charge in [0.2, 0.25) is 5.91 Å². The summed E-state index contributed by atoms with van der Waals surface area (Å²) in [6.45, 7) is -2.12. The Morgan fingerprint density at radius 3 is 2.95 bits per heavy atom. The van der Waals surface area contributed by atoms with Crippen molar-refractivity contribution >= 4 is 22.2 Å². The van der Waals surface area contributed by atoms with Gasteiger partial charge < -0.3 is 10.1 Å². The number of nitrogens with one attached hydrogen (secondary N) is 1. The normalized spacial score (nSPS) is 12.2. The Morgan fingerprint density at radius 1 is 1.52 bits per heavy atom. The first-order valence-corrected chi connectivity index (χ1v) is 6.68. The number of alkyl halides is 4. The van der Waals surface area contributed by atoms with Gasteiger partial charge in [0, 0.05) is 17.8 Å². The molecular weight excluding hydrogens is 314 g/mol. The van der Waals surface area contributed by atoms with Gasteiger partial charge in [0.1, 0.15) is 13.2 Å². The van der Waals surface area contributed by atoms with Crippen LogP contribution in [-0.4, -0.2) is 40.9 Å². The average Bonchev–Trinajstić information content (AvgIpc) is 2.96. The zero-order valence-corrected chi connectivity index (χ0v) is 11.4. The number of carbonyl (C=O) groups excluding carboxylic acids is 1. The second-order valence-corrected chi connectivity index (χ2v) is 5.03. The van der Waals surface area contributed by atoms with E-state index in [1.807, 2.05) is 5.38 Å². The summed E-state index contributed by atoms with van der Waals surface area (Å²) >= 11 is 1.42. The van der Waals surface area contributed by atoms with Gasteiger partial charge in [-0.3, -0.25) is 9.20 Å². The first kappa shape index (κ1) is 15.7. The van der Waals surface area contributed by atoms with Crippen molar-refractivity contribution < 1.29 is 27.1 Å². The molecule has 116 valence electrons. The van der Waals surface area contributed by atoms with Crippen LogP contribution in [0.1, 0.15) is 5.69 Å². The van der Waals surface area contributed by atoms with Gasteiger partial charge in [-0.25, -0.2) is 13.8 Å². The lowest BCUT2D eigenvalue weighted by Gasteiger charge is -2.14. The molecule has 0 spiro atoms. The van der Waals surface area contributed by atoms with Crippen molar-refractivity contribution in [3.63, 3.8) is 0 Å². The van der Waals surface area contributed by atoms with Crippen LogP contribution >= 0.6 is 11.3 Å². The van der Waals surface area contributed by atoms with Crippen molar-refractivity contribution in [1.82, 2.24) is 14.7 Å². The van der Waals surface area contributed by atoms with Crippen molar-refractivity contribution in [3.05, 3.63) is 23.5 Å². The molecule has 0 aliphatic heterocycles. The quantitative estimate of drug-likeness (QED) is 0.792. The molecular formula is C11H11F4N3O2S. The molecule has 0 radical (unpaired) electrons. The highest BCUT2D eigenvalue weighted by molar-refractivity contribution is 7.15. The molecule has 0 saturated carbocycles. The topological polar surface area (TPSA) is 55.6 Å². The highest BCUT2D eigenvalue weighted by Gasteiger charge is 2.41. The largest absolute Gasteiger partial charge is 0.365 e. The molecule has 2 rings (SSSR count). The van der Waals surface area contributed by atoms with Crippen molar-refractivity contribution in [3.8, 4) is 0 Å². The summed E-state index contributed by atoms with van der Waals surface area (Å²) in [6.07, 6.45) is -0.315. The smallest absolute Gasteiger partial charge is 0.330 e. The van der Waals surface area contributed by atoms with Gasteiger partial charge in [-0.1, -0.05) is 0 Å². The summed E-state index contributed by atoms with van der Waals surface area (Å²) in [5, 5.41) is 4.25. The number of thiazole rings is 1. The fourth-order valence-electron chi connectivity index (χ4n) is 1.44. The van der Waals surface area contributed by atoms with E-state index in [1.165, 1.54) is 11.3 Å². The van der Waals surface area contributed by atoms with Crippen LogP contribution in [0.2, 0.25) is 0 Å². The summed E-state index contributed by atoms with van der Waals surface area (Å²) in [5.41, 5.74) is 0.591. The van der Waals surface area contributed by atoms with Gasteiger partial charge in [0.15, 0.2) is 4.96 Å². The zero-order chi connectivity index (χ0) is 15.5. The van der Waals surface area contributed by atoms with Crippen LogP contribution in [0.25, 0.3) is 4.96 Å². The molecule has 2 heterocycles. The number of halogens is 4. The average molecular weight is 325 g/mol. The van der Waals surface area contributed by atoms with Crippen molar-refractivity contribution in [2.75, 3.05) is 13.2 Å². The molecule has 0 bridgehead atoms. The van der Waals surface area contributed by atoms with E-state index in [2.05, 4.69) is 15.0 Å². The molecule has 0 saturated heterocycles. The second-order valence-electron chi connectivity index (χ2n) is 4.16. The lowest BCUT2D eigenvalue weighted by atomic mass is 10.4. The number of ether oxygens (including phenoxy) is 1. The van der Waals surface area contributed by atoms with Gasteiger partial charge in [-0.15, -0.1) is 11.3 Å². The first-order chi connectivity index (χ1) is 9.88. The fourth-order valence-corrected chi connectivity index (χ4v) is 2.16. The Hall–Kier alpha value is -1.68. The molecule has 1 N–H and O–H groups in total. The molecule has 2 aromatic rings. The molecule has 0 aromatic carbocycles. The van der Waals surface area contributed by atoms with E-state index in [0.29, 0.717) is 5.69 Å². The van der Waals surface area contributed by atoms with Crippen LogP contribution in [0, 0.1) is 0 Å². The minimum Gasteiger partial charge on any atom is -0.365 e. The number of nitrogens with zero attached hydrogens (tertiary/aromatic N) is 2. The number of imidazole rings is 1. The summed E-state index contributed by atoms with van der Waals surface area (Å²) in [7, 11) is 0. The van der Waals surface area contributed by atoms with E-state index in [9.17, 15) is 22.4 Å². The van der Waals surface area contributed by atoms with Crippen molar-refractivity contribution in [2.24, 2.45) is 0 Å². The van der Waals surface area contributed by atoms with Crippen LogP contribution in [0.15, 0.2) is 17.8 Å². The summed E-state index contributed by atoms with van der Waals surface area (Å²) in [5.74, 6) is -4.94. The van der Waals surface area contributed by atoms with Crippen LogP contribution in [0.3, 0.4) is 0 Å². The Balaban J connectivity index is 1.71. The molecule has 5 nitrogen and oxygen atoms in total. The SMILES string of the molecule is O=C(COCC(F)(F)C(F)F)NCc1cn2ccsc2n1. The number of amides is 1. The number of aromatic nitrogens is 2. The fraction of sp³-hybridized carbons (Fsp3) is 0.455. The predicted molar refractivity (Wildman–Crippen MR) is 66.7 cm³/mol. The monoisotopic (exact) mass is 325 g/mol. The standard InChI is InChI=1S/C11H11F4N3O2S/c12-9(13)11(14,15)6-20-5-8(19)16-3-7-4-18-1-2-21-10(18)17-7/h1-2,4,9H,3,5-6H2,(H,16,19). The number of rotatable bonds is 7. The third-order valence-corrected chi connectivity index (χ3v) is 3.23. The summed E-state index contributed by atoms with van der Waals surface area (Å²) < 4.78 is 54.8. The number of hydrogen-bond acceptors (Lipinski definition) is 4. The van der Waals surface area contributed by atoms with E-state index in [1.54, 1.807) is 16.8 Å². The maximum absolute atomic E-state index is 12.5. The number of hydrogen-bond donors (Lipinski definition) is 1. The number of carbonyl (C=O) groups is 1. The van der Waals surface area contributed by atoms with E-state index in [-0.39, 0.29) is 6.54 Å². The van der Waals surface area contributed by atoms with Gasteiger partial charge in [-0.05, 0) is 0 Å². The first-order valence-electron chi connectivity index (χ1n) is 5.80. The van der Waals surface area contributed by atoms with E-state index >= 15 is 0 Å². The molecule has 0 aliphatic rings. The third-order valence-electron chi connectivity index (χ3n) is 2.46. The van der Waals surface area contributed by atoms with Crippen LogP contribution < -0.4 is 5.32 Å².